The summed E-state index contributed by atoms with van der Waals surface area (Å²) in [6, 6.07) is 14.1. The molecule has 0 unspecified atom stereocenters. The first kappa shape index (κ1) is 31.0. The average Bonchev–Trinajstić information content (AvgIpc) is 2.87. The van der Waals surface area contributed by atoms with E-state index in [4.69, 9.17) is 9.98 Å². The molecule has 2 heteroatoms. The molecule has 37 heavy (non-hydrogen) atoms. The van der Waals surface area contributed by atoms with Gasteiger partial charge in [0.2, 0.25) is 0 Å². The number of aliphatic imine (C=N–C) groups is 2. The minimum Gasteiger partial charge on any atom is -0.252 e. The van der Waals surface area contributed by atoms with Crippen LogP contribution in [0.4, 0.5) is 11.4 Å². The molecule has 0 aliphatic carbocycles. The summed E-state index contributed by atoms with van der Waals surface area (Å²) in [7, 11) is 0. The number of unbranched alkanes of at least 4 members (excludes halogenated alkanes) is 3. The van der Waals surface area contributed by atoms with Gasteiger partial charge in [0.15, 0.2) is 0 Å². The van der Waals surface area contributed by atoms with Gasteiger partial charge in [-0.15, -0.1) is 0 Å². The molecule has 0 aliphatic heterocycles. The van der Waals surface area contributed by atoms with E-state index in [-0.39, 0.29) is 0 Å². The molecule has 0 aliphatic rings. The maximum absolute atomic E-state index is 5.37. The molecule has 0 N–H and O–H groups in total. The van der Waals surface area contributed by atoms with Crippen LogP contribution in [0.25, 0.3) is 0 Å². The van der Waals surface area contributed by atoms with E-state index in [1.165, 1.54) is 85.0 Å². The number of rotatable bonds is 18. The third-order valence-corrected chi connectivity index (χ3v) is 6.87. The lowest BCUT2D eigenvalue weighted by Gasteiger charge is -2.14. The highest BCUT2D eigenvalue weighted by molar-refractivity contribution is 6.43. The van der Waals surface area contributed by atoms with Gasteiger partial charge in [0, 0.05) is 0 Å². The maximum Gasteiger partial charge on any atom is 0.0639 e. The topological polar surface area (TPSA) is 24.7 Å². The van der Waals surface area contributed by atoms with Gasteiger partial charge >= 0.3 is 0 Å². The first-order valence-electron chi connectivity index (χ1n) is 15.5. The lowest BCUT2D eigenvalue weighted by atomic mass is 10.00. The minimum absolute atomic E-state index is 0.999. The Morgan fingerprint density at radius 3 is 1.11 bits per heavy atom. The van der Waals surface area contributed by atoms with Crippen molar-refractivity contribution in [1.29, 1.82) is 0 Å². The van der Waals surface area contributed by atoms with E-state index < -0.39 is 0 Å². The summed E-state index contributed by atoms with van der Waals surface area (Å²) in [6.45, 7) is 13.6. The Hall–Kier alpha value is -2.22. The Morgan fingerprint density at radius 2 is 0.784 bits per heavy atom. The molecule has 204 valence electrons. The molecule has 0 radical (unpaired) electrons. The number of hydrogen-bond donors (Lipinski definition) is 0. The largest absolute Gasteiger partial charge is 0.252 e. The Bertz CT molecular complexity index is 934. The number of hydrogen-bond acceptors (Lipinski definition) is 2. The second kappa shape index (κ2) is 18.1. The summed E-state index contributed by atoms with van der Waals surface area (Å²) in [5.74, 6) is 0. The van der Waals surface area contributed by atoms with Gasteiger partial charge in [0.05, 0.1) is 22.8 Å². The zero-order valence-corrected chi connectivity index (χ0v) is 25.0. The van der Waals surface area contributed by atoms with Gasteiger partial charge in [-0.1, -0.05) is 98.6 Å². The summed E-state index contributed by atoms with van der Waals surface area (Å²) < 4.78 is 0. The molecule has 0 spiro atoms. The standard InChI is InChI=1S/C35H54N2/c1-7-13-15-21-35(37-33-26-30(18-11-5)23-31(27-33)19-12-6)34(20-14-8-2)36-32-24-28(16-9-3)22-29(25-32)17-10-4/h22-27H,7-21H2,1-6H3. The monoisotopic (exact) mass is 502 g/mol. The predicted octanol–water partition coefficient (Wildman–Crippen LogP) is 11.1. The summed E-state index contributed by atoms with van der Waals surface area (Å²) in [5.41, 5.74) is 10.3. The first-order chi connectivity index (χ1) is 18.1. The van der Waals surface area contributed by atoms with Gasteiger partial charge in [-0.05, 0) is 97.9 Å². The van der Waals surface area contributed by atoms with Gasteiger partial charge in [-0.3, -0.25) is 9.98 Å². The highest BCUT2D eigenvalue weighted by Crippen LogP contribution is 2.25. The lowest BCUT2D eigenvalue weighted by molar-refractivity contribution is 0.742. The fourth-order valence-electron chi connectivity index (χ4n) is 5.07. The van der Waals surface area contributed by atoms with E-state index in [1.54, 1.807) is 0 Å². The Morgan fingerprint density at radius 1 is 0.432 bits per heavy atom. The summed E-state index contributed by atoms with van der Waals surface area (Å²) in [5, 5.41) is 0. The predicted molar refractivity (Wildman–Crippen MR) is 167 cm³/mol. The van der Waals surface area contributed by atoms with Crippen LogP contribution in [-0.2, 0) is 25.7 Å². The number of nitrogens with zero attached hydrogens (tertiary/aromatic N) is 2. The van der Waals surface area contributed by atoms with E-state index in [0.29, 0.717) is 0 Å². The van der Waals surface area contributed by atoms with E-state index in [0.717, 1.165) is 56.3 Å². The Kier molecular flexibility index (Phi) is 15.2. The molecule has 0 heterocycles. The molecule has 0 atom stereocenters. The van der Waals surface area contributed by atoms with Crippen LogP contribution in [0.3, 0.4) is 0 Å². The normalized spacial score (nSPS) is 12.4. The maximum atomic E-state index is 5.37. The molecular formula is C35H54N2. The van der Waals surface area contributed by atoms with Crippen molar-refractivity contribution in [1.82, 2.24) is 0 Å². The van der Waals surface area contributed by atoms with Crippen molar-refractivity contribution < 1.29 is 0 Å². The molecule has 2 aromatic carbocycles. The van der Waals surface area contributed by atoms with Crippen molar-refractivity contribution in [3.63, 3.8) is 0 Å². The third-order valence-electron chi connectivity index (χ3n) is 6.87. The van der Waals surface area contributed by atoms with Gasteiger partial charge in [-0.2, -0.15) is 0 Å². The Labute approximate surface area is 229 Å². The molecule has 0 fully saturated rings. The number of benzene rings is 2. The highest BCUT2D eigenvalue weighted by Gasteiger charge is 2.12. The van der Waals surface area contributed by atoms with Crippen molar-refractivity contribution in [2.45, 2.75) is 138 Å². The molecule has 0 saturated carbocycles. The van der Waals surface area contributed by atoms with Crippen LogP contribution in [0.2, 0.25) is 0 Å². The molecule has 0 amide bonds. The summed E-state index contributed by atoms with van der Waals surface area (Å²) in [6.07, 6.45) is 17.1. The van der Waals surface area contributed by atoms with Crippen molar-refractivity contribution in [3.05, 3.63) is 58.7 Å². The molecule has 2 nitrogen and oxygen atoms in total. The van der Waals surface area contributed by atoms with E-state index >= 15 is 0 Å². The molecular weight excluding hydrogens is 448 g/mol. The average molecular weight is 503 g/mol. The molecule has 0 aromatic heterocycles. The zero-order valence-electron chi connectivity index (χ0n) is 25.0. The van der Waals surface area contributed by atoms with Crippen LogP contribution in [-0.4, -0.2) is 11.4 Å². The molecule has 2 aromatic rings. The first-order valence-corrected chi connectivity index (χ1v) is 15.5. The fourth-order valence-corrected chi connectivity index (χ4v) is 5.07. The van der Waals surface area contributed by atoms with Crippen LogP contribution in [0.5, 0.6) is 0 Å². The van der Waals surface area contributed by atoms with E-state index in [1.807, 2.05) is 0 Å². The van der Waals surface area contributed by atoms with Crippen LogP contribution in [0, 0.1) is 0 Å². The minimum atomic E-state index is 0.999. The third kappa shape index (κ3) is 11.4. The van der Waals surface area contributed by atoms with Gasteiger partial charge in [0.25, 0.3) is 0 Å². The molecule has 0 bridgehead atoms. The number of aryl methyl sites for hydroxylation is 4. The fraction of sp³-hybridized carbons (Fsp3) is 0.600. The second-order valence-corrected chi connectivity index (χ2v) is 10.7. The smallest absolute Gasteiger partial charge is 0.0639 e. The molecule has 2 rings (SSSR count). The zero-order chi connectivity index (χ0) is 26.9. The van der Waals surface area contributed by atoms with Crippen LogP contribution in [0.15, 0.2) is 46.4 Å². The van der Waals surface area contributed by atoms with Crippen molar-refractivity contribution in [2.24, 2.45) is 9.98 Å². The van der Waals surface area contributed by atoms with Crippen LogP contribution in [0.1, 0.15) is 134 Å². The quantitative estimate of drug-likeness (QED) is 0.143. The highest BCUT2D eigenvalue weighted by atomic mass is 14.8. The van der Waals surface area contributed by atoms with Crippen molar-refractivity contribution in [3.8, 4) is 0 Å². The SMILES string of the molecule is CCCCCC(=Nc1cc(CCC)cc(CCC)c1)C(CCCC)=Nc1cc(CCC)cc(CCC)c1. The summed E-state index contributed by atoms with van der Waals surface area (Å²) in [4.78, 5) is 10.7. The van der Waals surface area contributed by atoms with Crippen LogP contribution < -0.4 is 0 Å². The van der Waals surface area contributed by atoms with E-state index in [2.05, 4.69) is 77.9 Å². The van der Waals surface area contributed by atoms with Gasteiger partial charge < -0.3 is 0 Å². The van der Waals surface area contributed by atoms with Crippen molar-refractivity contribution >= 4 is 22.8 Å². The lowest BCUT2D eigenvalue weighted by Crippen LogP contribution is -2.14. The van der Waals surface area contributed by atoms with Crippen molar-refractivity contribution in [2.75, 3.05) is 0 Å². The van der Waals surface area contributed by atoms with Gasteiger partial charge in [0.1, 0.15) is 0 Å². The second-order valence-electron chi connectivity index (χ2n) is 10.7. The van der Waals surface area contributed by atoms with E-state index in [9.17, 15) is 0 Å². The summed E-state index contributed by atoms with van der Waals surface area (Å²) >= 11 is 0. The van der Waals surface area contributed by atoms with Gasteiger partial charge in [-0.25, -0.2) is 0 Å². The molecule has 0 saturated heterocycles. The Balaban J connectivity index is 2.61. The van der Waals surface area contributed by atoms with Crippen LogP contribution >= 0.6 is 0 Å².